The Balaban J connectivity index is 3.16. The summed E-state index contributed by atoms with van der Waals surface area (Å²) in [5.74, 6) is 2.10. The molecule has 0 saturated heterocycles. The molecule has 0 fully saturated rings. The first-order chi connectivity index (χ1) is 3.31. The SMILES string of the molecule is C/C=C\B(C)CN. The van der Waals surface area contributed by atoms with Crippen molar-refractivity contribution in [3.05, 3.63) is 12.1 Å². The van der Waals surface area contributed by atoms with Gasteiger partial charge in [0.1, 0.15) is 0 Å². The van der Waals surface area contributed by atoms with E-state index in [0.29, 0.717) is 6.71 Å². The summed E-state index contributed by atoms with van der Waals surface area (Å²) in [6, 6.07) is 0. The van der Waals surface area contributed by atoms with Crippen molar-refractivity contribution in [1.29, 1.82) is 0 Å². The van der Waals surface area contributed by atoms with Crippen molar-refractivity contribution in [2.24, 2.45) is 5.73 Å². The molecule has 0 atom stereocenters. The van der Waals surface area contributed by atoms with Gasteiger partial charge >= 0.3 is 0 Å². The molecule has 0 aromatic rings. The maximum absolute atomic E-state index is 5.31. The lowest BCUT2D eigenvalue weighted by atomic mass is 9.52. The standard InChI is InChI=1S/C5H12BN/c1-3-4-6(2)5-7/h3-4H,5,7H2,1-2H3/b4-3-. The van der Waals surface area contributed by atoms with Crippen molar-refractivity contribution in [2.45, 2.75) is 13.7 Å². The molecule has 7 heavy (non-hydrogen) atoms. The van der Waals surface area contributed by atoms with Crippen molar-refractivity contribution in [3.8, 4) is 0 Å². The summed E-state index contributed by atoms with van der Waals surface area (Å²) in [5.41, 5.74) is 5.31. The van der Waals surface area contributed by atoms with Gasteiger partial charge in [0, 0.05) is 0 Å². The number of allylic oxidation sites excluding steroid dienone is 1. The number of nitrogens with two attached hydrogens (primary N) is 1. The monoisotopic (exact) mass is 97.1 g/mol. The Hall–Kier alpha value is -0.235. The minimum Gasteiger partial charge on any atom is -0.337 e. The first kappa shape index (κ1) is 6.76. The zero-order chi connectivity index (χ0) is 5.70. The van der Waals surface area contributed by atoms with Gasteiger partial charge in [0.05, 0.1) is 0 Å². The fourth-order valence-corrected chi connectivity index (χ4v) is 0.407. The van der Waals surface area contributed by atoms with Crippen molar-refractivity contribution in [1.82, 2.24) is 0 Å². The lowest BCUT2D eigenvalue weighted by molar-refractivity contribution is 1.34. The van der Waals surface area contributed by atoms with E-state index in [2.05, 4.69) is 12.8 Å². The maximum atomic E-state index is 5.31. The molecule has 0 unspecified atom stereocenters. The first-order valence-electron chi connectivity index (χ1n) is 2.64. The van der Waals surface area contributed by atoms with E-state index in [-0.39, 0.29) is 0 Å². The van der Waals surface area contributed by atoms with Crippen LogP contribution in [0.1, 0.15) is 6.92 Å². The number of hydrogen-bond acceptors (Lipinski definition) is 1. The fraction of sp³-hybridized carbons (Fsp3) is 0.600. The van der Waals surface area contributed by atoms with Gasteiger partial charge in [-0.25, -0.2) is 0 Å². The summed E-state index contributed by atoms with van der Waals surface area (Å²) in [7, 11) is 0. The lowest BCUT2D eigenvalue weighted by Gasteiger charge is -1.90. The van der Waals surface area contributed by atoms with Crippen LogP contribution in [0.3, 0.4) is 0 Å². The Bertz CT molecular complexity index is 61.1. The molecule has 0 spiro atoms. The Morgan fingerprint density at radius 3 is 2.43 bits per heavy atom. The highest BCUT2D eigenvalue weighted by Crippen LogP contribution is 1.78. The van der Waals surface area contributed by atoms with Crippen molar-refractivity contribution < 1.29 is 0 Å². The average molecular weight is 97.0 g/mol. The summed E-state index contributed by atoms with van der Waals surface area (Å²) in [6.07, 6.45) is 2.78. The molecular formula is C5H12BN. The van der Waals surface area contributed by atoms with Crippen LogP contribution in [0.25, 0.3) is 0 Å². The van der Waals surface area contributed by atoms with E-state index in [4.69, 9.17) is 5.73 Å². The molecule has 0 radical (unpaired) electrons. The summed E-state index contributed by atoms with van der Waals surface area (Å²) < 4.78 is 0. The van der Waals surface area contributed by atoms with E-state index >= 15 is 0 Å². The molecule has 2 heteroatoms. The quantitative estimate of drug-likeness (QED) is 0.505. The molecule has 0 amide bonds. The van der Waals surface area contributed by atoms with Crippen LogP contribution in [0, 0.1) is 0 Å². The third kappa shape index (κ3) is 3.60. The van der Waals surface area contributed by atoms with Crippen molar-refractivity contribution >= 4 is 6.71 Å². The van der Waals surface area contributed by atoms with E-state index in [1.807, 2.05) is 13.0 Å². The van der Waals surface area contributed by atoms with Crippen LogP contribution in [0.4, 0.5) is 0 Å². The van der Waals surface area contributed by atoms with Gasteiger partial charge in [-0.1, -0.05) is 6.82 Å². The first-order valence-corrected chi connectivity index (χ1v) is 2.64. The summed E-state index contributed by atoms with van der Waals surface area (Å²) in [6.45, 7) is 4.65. The molecule has 0 aromatic heterocycles. The molecular weight excluding hydrogens is 84.9 g/mol. The average Bonchev–Trinajstić information content (AvgIpc) is 1.68. The van der Waals surface area contributed by atoms with Crippen molar-refractivity contribution in [3.63, 3.8) is 0 Å². The van der Waals surface area contributed by atoms with Gasteiger partial charge in [-0.3, -0.25) is 0 Å². The highest BCUT2D eigenvalue weighted by molar-refractivity contribution is 6.62. The zero-order valence-electron chi connectivity index (χ0n) is 5.02. The predicted octanol–water partition coefficient (Wildman–Crippen LogP) is 0.724. The second-order valence-electron chi connectivity index (χ2n) is 1.74. The second-order valence-corrected chi connectivity index (χ2v) is 1.74. The summed E-state index contributed by atoms with van der Waals surface area (Å²) >= 11 is 0. The van der Waals surface area contributed by atoms with Gasteiger partial charge in [0.15, 0.2) is 6.71 Å². The van der Waals surface area contributed by atoms with Crippen LogP contribution in [-0.4, -0.2) is 13.2 Å². The van der Waals surface area contributed by atoms with E-state index in [9.17, 15) is 0 Å². The normalized spacial score (nSPS) is 10.1. The highest BCUT2D eigenvalue weighted by atomic mass is 14.5. The van der Waals surface area contributed by atoms with E-state index in [0.717, 1.165) is 6.44 Å². The van der Waals surface area contributed by atoms with Crippen LogP contribution < -0.4 is 5.73 Å². The molecule has 0 aliphatic heterocycles. The van der Waals surface area contributed by atoms with E-state index < -0.39 is 0 Å². The van der Waals surface area contributed by atoms with Crippen LogP contribution in [-0.2, 0) is 0 Å². The van der Waals surface area contributed by atoms with Gasteiger partial charge in [-0.2, -0.15) is 0 Å². The lowest BCUT2D eigenvalue weighted by Crippen LogP contribution is -2.18. The molecule has 0 aromatic carbocycles. The number of rotatable bonds is 2. The third-order valence-electron chi connectivity index (χ3n) is 0.893. The Kier molecular flexibility index (Phi) is 3.81. The minimum absolute atomic E-state index is 0.546. The fourth-order valence-electron chi connectivity index (χ4n) is 0.407. The molecule has 2 N–H and O–H groups in total. The molecule has 0 heterocycles. The Labute approximate surface area is 45.7 Å². The third-order valence-corrected chi connectivity index (χ3v) is 0.893. The topological polar surface area (TPSA) is 26.0 Å². The molecule has 40 valence electrons. The van der Waals surface area contributed by atoms with Gasteiger partial charge in [0.25, 0.3) is 0 Å². The summed E-state index contributed by atoms with van der Waals surface area (Å²) in [4.78, 5) is 0. The smallest absolute Gasteiger partial charge is 0.177 e. The molecule has 0 saturated carbocycles. The molecule has 0 aliphatic carbocycles. The van der Waals surface area contributed by atoms with Crippen LogP contribution in [0.5, 0.6) is 0 Å². The molecule has 0 aliphatic rings. The molecule has 0 bridgehead atoms. The Morgan fingerprint density at radius 1 is 1.71 bits per heavy atom. The van der Waals surface area contributed by atoms with Crippen molar-refractivity contribution in [2.75, 3.05) is 6.44 Å². The van der Waals surface area contributed by atoms with Gasteiger partial charge in [-0.15, -0.1) is 12.1 Å². The van der Waals surface area contributed by atoms with Gasteiger partial charge in [-0.05, 0) is 13.4 Å². The van der Waals surface area contributed by atoms with Crippen LogP contribution in [0.2, 0.25) is 6.82 Å². The number of hydrogen-bond donors (Lipinski definition) is 1. The minimum atomic E-state index is 0.546. The van der Waals surface area contributed by atoms with Crippen LogP contribution in [0.15, 0.2) is 12.1 Å². The van der Waals surface area contributed by atoms with E-state index in [1.165, 1.54) is 0 Å². The zero-order valence-corrected chi connectivity index (χ0v) is 5.02. The van der Waals surface area contributed by atoms with Crippen LogP contribution >= 0.6 is 0 Å². The van der Waals surface area contributed by atoms with Gasteiger partial charge in [0.2, 0.25) is 0 Å². The predicted molar refractivity (Wildman–Crippen MR) is 35.5 cm³/mol. The summed E-state index contributed by atoms with van der Waals surface area (Å²) in [5, 5.41) is 0. The molecule has 1 nitrogen and oxygen atoms in total. The largest absolute Gasteiger partial charge is 0.337 e. The molecule has 0 rings (SSSR count). The van der Waals surface area contributed by atoms with Gasteiger partial charge < -0.3 is 5.73 Å². The van der Waals surface area contributed by atoms with E-state index in [1.54, 1.807) is 0 Å². The highest BCUT2D eigenvalue weighted by Gasteiger charge is 1.93. The maximum Gasteiger partial charge on any atom is 0.177 e. The Morgan fingerprint density at radius 2 is 2.29 bits per heavy atom. The second kappa shape index (κ2) is 3.94.